The lowest BCUT2D eigenvalue weighted by molar-refractivity contribution is 0.262. The van der Waals surface area contributed by atoms with Gasteiger partial charge in [-0.05, 0) is 64.9 Å². The fourth-order valence-electron chi connectivity index (χ4n) is 2.90. The Kier molecular flexibility index (Phi) is 5.84. The van der Waals surface area contributed by atoms with Gasteiger partial charge < -0.3 is 15.4 Å². The number of nitrogens with one attached hydrogen (secondary N) is 2. The number of hydrogen-bond donors (Lipinski definition) is 2. The summed E-state index contributed by atoms with van der Waals surface area (Å²) in [5.41, 5.74) is 3.21. The number of rotatable bonds is 6. The van der Waals surface area contributed by atoms with Gasteiger partial charge in [0.15, 0.2) is 0 Å². The maximum atomic E-state index is 12.2. The highest BCUT2D eigenvalue weighted by atomic mass is 16.5. The van der Waals surface area contributed by atoms with Crippen LogP contribution in [0.25, 0.3) is 11.5 Å². The molecule has 9 heteroatoms. The van der Waals surface area contributed by atoms with Gasteiger partial charge in [-0.3, -0.25) is 4.98 Å². The van der Waals surface area contributed by atoms with E-state index < -0.39 is 0 Å². The van der Waals surface area contributed by atoms with E-state index in [-0.39, 0.29) is 6.03 Å². The molecule has 2 N–H and O–H groups in total. The molecule has 4 aromatic rings. The highest BCUT2D eigenvalue weighted by molar-refractivity contribution is 5.99. The van der Waals surface area contributed by atoms with Crippen LogP contribution in [-0.2, 0) is 13.5 Å². The number of amides is 2. The summed E-state index contributed by atoms with van der Waals surface area (Å²) in [6, 6.07) is 18.0. The molecule has 31 heavy (non-hydrogen) atoms. The smallest absolute Gasteiger partial charge is 0.323 e. The number of ether oxygens (including phenoxy) is 1. The van der Waals surface area contributed by atoms with Crippen molar-refractivity contribution in [1.82, 2.24) is 25.2 Å². The van der Waals surface area contributed by atoms with Gasteiger partial charge in [0, 0.05) is 30.7 Å². The minimum atomic E-state index is -0.311. The number of pyridine rings is 1. The normalized spacial score (nSPS) is 10.5. The molecule has 0 radical (unpaired) electrons. The number of urea groups is 1. The van der Waals surface area contributed by atoms with Gasteiger partial charge in [-0.15, -0.1) is 5.10 Å². The number of carbonyl (C=O) groups is 1. The molecule has 0 atom stereocenters. The van der Waals surface area contributed by atoms with E-state index >= 15 is 0 Å². The average Bonchev–Trinajstić information content (AvgIpc) is 3.22. The first kappa shape index (κ1) is 20.0. The van der Waals surface area contributed by atoms with Gasteiger partial charge >= 0.3 is 6.03 Å². The molecule has 0 aliphatic rings. The summed E-state index contributed by atoms with van der Waals surface area (Å²) in [7, 11) is 1.74. The SMILES string of the molecule is CCc1ccc(NC(=O)Nc2ccc(Oc3ccnc(-c4nnnn4C)c3)cc2)cc1. The number of hydrogen-bond acceptors (Lipinski definition) is 6. The molecule has 0 aliphatic carbocycles. The largest absolute Gasteiger partial charge is 0.457 e. The lowest BCUT2D eigenvalue weighted by Gasteiger charge is -2.10. The number of tetrazole rings is 1. The van der Waals surface area contributed by atoms with Crippen molar-refractivity contribution in [3.8, 4) is 23.0 Å². The van der Waals surface area contributed by atoms with Crippen LogP contribution >= 0.6 is 0 Å². The first-order chi connectivity index (χ1) is 15.1. The summed E-state index contributed by atoms with van der Waals surface area (Å²) in [5.74, 6) is 1.76. The van der Waals surface area contributed by atoms with Gasteiger partial charge in [0.05, 0.1) is 0 Å². The van der Waals surface area contributed by atoms with Gasteiger partial charge in [0.1, 0.15) is 17.2 Å². The summed E-state index contributed by atoms with van der Waals surface area (Å²) in [4.78, 5) is 16.5. The summed E-state index contributed by atoms with van der Waals surface area (Å²) in [5, 5.41) is 17.0. The van der Waals surface area contributed by atoms with Gasteiger partial charge in [-0.2, -0.15) is 0 Å². The van der Waals surface area contributed by atoms with Gasteiger partial charge in [0.2, 0.25) is 5.82 Å². The van der Waals surface area contributed by atoms with Crippen LogP contribution in [0.1, 0.15) is 12.5 Å². The van der Waals surface area contributed by atoms with E-state index in [1.165, 1.54) is 10.2 Å². The van der Waals surface area contributed by atoms with Gasteiger partial charge in [-0.1, -0.05) is 19.1 Å². The topological polar surface area (TPSA) is 107 Å². The van der Waals surface area contributed by atoms with Gasteiger partial charge in [-0.25, -0.2) is 9.48 Å². The zero-order valence-corrected chi connectivity index (χ0v) is 17.1. The third-order valence-electron chi connectivity index (χ3n) is 4.55. The zero-order chi connectivity index (χ0) is 21.6. The van der Waals surface area contributed by atoms with Crippen LogP contribution in [0.4, 0.5) is 16.2 Å². The van der Waals surface area contributed by atoms with E-state index in [2.05, 4.69) is 38.1 Å². The van der Waals surface area contributed by atoms with E-state index in [1.807, 2.05) is 24.3 Å². The van der Waals surface area contributed by atoms with E-state index in [9.17, 15) is 4.79 Å². The summed E-state index contributed by atoms with van der Waals surface area (Å²) in [6.07, 6.45) is 2.59. The van der Waals surface area contributed by atoms with Crippen LogP contribution in [-0.4, -0.2) is 31.2 Å². The number of nitrogens with zero attached hydrogens (tertiary/aromatic N) is 5. The van der Waals surface area contributed by atoms with E-state index in [1.54, 1.807) is 49.6 Å². The summed E-state index contributed by atoms with van der Waals surface area (Å²) in [6.45, 7) is 2.09. The Morgan fingerprint density at radius 3 is 2.26 bits per heavy atom. The summed E-state index contributed by atoms with van der Waals surface area (Å²) < 4.78 is 7.43. The minimum absolute atomic E-state index is 0.311. The van der Waals surface area contributed by atoms with E-state index in [0.717, 1.165) is 12.1 Å². The maximum Gasteiger partial charge on any atom is 0.323 e. The van der Waals surface area contributed by atoms with Crippen molar-refractivity contribution < 1.29 is 9.53 Å². The Balaban J connectivity index is 1.37. The lowest BCUT2D eigenvalue weighted by atomic mass is 10.1. The second kappa shape index (κ2) is 9.04. The molecule has 156 valence electrons. The fraction of sp³-hybridized carbons (Fsp3) is 0.136. The molecule has 0 bridgehead atoms. The lowest BCUT2D eigenvalue weighted by Crippen LogP contribution is -2.19. The molecule has 2 amide bonds. The van der Waals surface area contributed by atoms with Crippen LogP contribution in [0, 0.1) is 0 Å². The highest BCUT2D eigenvalue weighted by Gasteiger charge is 2.09. The molecular formula is C22H21N7O2. The minimum Gasteiger partial charge on any atom is -0.457 e. The van der Waals surface area contributed by atoms with E-state index in [0.29, 0.717) is 28.7 Å². The quantitative estimate of drug-likeness (QED) is 0.487. The predicted octanol–water partition coefficient (Wildman–Crippen LogP) is 4.27. The molecule has 2 aromatic carbocycles. The van der Waals surface area contributed by atoms with Gasteiger partial charge in [0.25, 0.3) is 0 Å². The third-order valence-corrected chi connectivity index (χ3v) is 4.55. The molecule has 0 aliphatic heterocycles. The Bertz CT molecular complexity index is 1170. The number of aromatic nitrogens is 5. The molecule has 0 spiro atoms. The highest BCUT2D eigenvalue weighted by Crippen LogP contribution is 2.25. The molecule has 0 fully saturated rings. The fourth-order valence-corrected chi connectivity index (χ4v) is 2.90. The molecule has 0 saturated heterocycles. The van der Waals surface area contributed by atoms with Crippen LogP contribution in [0.5, 0.6) is 11.5 Å². The van der Waals surface area contributed by atoms with Crippen molar-refractivity contribution in [1.29, 1.82) is 0 Å². The van der Waals surface area contributed by atoms with Crippen LogP contribution < -0.4 is 15.4 Å². The van der Waals surface area contributed by atoms with Crippen molar-refractivity contribution in [2.75, 3.05) is 10.6 Å². The Morgan fingerprint density at radius 2 is 1.65 bits per heavy atom. The molecule has 2 aromatic heterocycles. The molecular weight excluding hydrogens is 394 g/mol. The van der Waals surface area contributed by atoms with Crippen molar-refractivity contribution in [2.45, 2.75) is 13.3 Å². The summed E-state index contributed by atoms with van der Waals surface area (Å²) >= 11 is 0. The van der Waals surface area contributed by atoms with Crippen LogP contribution in [0.2, 0.25) is 0 Å². The van der Waals surface area contributed by atoms with Crippen LogP contribution in [0.3, 0.4) is 0 Å². The first-order valence-corrected chi connectivity index (χ1v) is 9.74. The maximum absolute atomic E-state index is 12.2. The Labute approximate surface area is 179 Å². The molecule has 2 heterocycles. The molecule has 0 unspecified atom stereocenters. The third kappa shape index (κ3) is 5.02. The van der Waals surface area contributed by atoms with Crippen molar-refractivity contribution in [2.24, 2.45) is 7.05 Å². The zero-order valence-electron chi connectivity index (χ0n) is 17.1. The number of carbonyl (C=O) groups excluding carboxylic acids is 1. The molecule has 9 nitrogen and oxygen atoms in total. The predicted molar refractivity (Wildman–Crippen MR) is 117 cm³/mol. The number of aryl methyl sites for hydroxylation is 2. The number of benzene rings is 2. The number of anilines is 2. The Hall–Kier alpha value is -4.27. The second-order valence-corrected chi connectivity index (χ2v) is 6.76. The standard InChI is InChI=1S/C22H21N7O2/c1-3-15-4-6-16(7-5-15)24-22(30)25-17-8-10-18(11-9-17)31-19-12-13-23-20(14-19)21-26-27-28-29(21)2/h4-14H,3H2,1-2H3,(H2,24,25,30). The monoisotopic (exact) mass is 415 g/mol. The Morgan fingerprint density at radius 1 is 0.968 bits per heavy atom. The van der Waals surface area contributed by atoms with Crippen molar-refractivity contribution in [3.05, 3.63) is 72.4 Å². The van der Waals surface area contributed by atoms with Crippen molar-refractivity contribution >= 4 is 17.4 Å². The molecule has 0 saturated carbocycles. The van der Waals surface area contributed by atoms with Crippen molar-refractivity contribution in [3.63, 3.8) is 0 Å². The first-order valence-electron chi connectivity index (χ1n) is 9.74. The van der Waals surface area contributed by atoms with Crippen LogP contribution in [0.15, 0.2) is 66.9 Å². The molecule has 4 rings (SSSR count). The van der Waals surface area contributed by atoms with E-state index in [4.69, 9.17) is 4.74 Å². The average molecular weight is 415 g/mol. The second-order valence-electron chi connectivity index (χ2n) is 6.76.